The summed E-state index contributed by atoms with van der Waals surface area (Å²) in [6, 6.07) is 22.4. The number of para-hydroxylation sites is 1. The summed E-state index contributed by atoms with van der Waals surface area (Å²) in [5.41, 5.74) is 0.970. The number of amides is 1. The Morgan fingerprint density at radius 2 is 1.61 bits per heavy atom. The fraction of sp³-hybridized carbons (Fsp3) is 0.192. The number of aromatic nitrogens is 2. The Bertz CT molecular complexity index is 1390. The van der Waals surface area contributed by atoms with Crippen LogP contribution < -0.4 is 21.3 Å². The molecular weight excluding hydrogens is 418 g/mol. The number of carbonyl (C=O) groups excluding carboxylic acids is 1. The molecule has 1 heterocycles. The summed E-state index contributed by atoms with van der Waals surface area (Å²) >= 11 is 0. The molecule has 7 heteroatoms. The van der Waals surface area contributed by atoms with E-state index < -0.39 is 11.7 Å². The predicted molar refractivity (Wildman–Crippen MR) is 129 cm³/mol. The molecule has 7 nitrogen and oxygen atoms in total. The largest absolute Gasteiger partial charge is 0.497 e. The van der Waals surface area contributed by atoms with Gasteiger partial charge in [-0.1, -0.05) is 49.4 Å². The molecule has 0 bridgehead atoms. The molecule has 168 valence electrons. The molecule has 4 aromatic rings. The summed E-state index contributed by atoms with van der Waals surface area (Å²) < 4.78 is 7.78. The Morgan fingerprint density at radius 3 is 2.27 bits per heavy atom. The van der Waals surface area contributed by atoms with Crippen LogP contribution in [-0.2, 0) is 11.3 Å². The zero-order valence-corrected chi connectivity index (χ0v) is 18.5. The van der Waals surface area contributed by atoms with Gasteiger partial charge in [0, 0.05) is 5.69 Å². The summed E-state index contributed by atoms with van der Waals surface area (Å²) in [5, 5.41) is 3.27. The Hall–Kier alpha value is -4.13. The van der Waals surface area contributed by atoms with E-state index in [4.69, 9.17) is 4.74 Å². The van der Waals surface area contributed by atoms with Crippen LogP contribution in [0.2, 0.25) is 0 Å². The lowest BCUT2D eigenvalue weighted by Gasteiger charge is -2.21. The molecule has 1 aromatic heterocycles. The molecule has 0 saturated heterocycles. The molecule has 0 unspecified atom stereocenters. The van der Waals surface area contributed by atoms with Crippen molar-refractivity contribution in [1.82, 2.24) is 9.13 Å². The van der Waals surface area contributed by atoms with Crippen LogP contribution in [0.3, 0.4) is 0 Å². The van der Waals surface area contributed by atoms with E-state index in [1.54, 1.807) is 55.6 Å². The van der Waals surface area contributed by atoms with E-state index in [0.29, 0.717) is 28.8 Å². The number of carbonyl (C=O) groups is 1. The second kappa shape index (κ2) is 9.56. The van der Waals surface area contributed by atoms with Crippen LogP contribution in [0.1, 0.15) is 24.9 Å². The number of nitrogens with one attached hydrogen (secondary N) is 1. The van der Waals surface area contributed by atoms with Gasteiger partial charge in [0.15, 0.2) is 0 Å². The van der Waals surface area contributed by atoms with Crippen LogP contribution in [0.4, 0.5) is 5.69 Å². The molecule has 0 radical (unpaired) electrons. The van der Waals surface area contributed by atoms with Gasteiger partial charge in [0.2, 0.25) is 5.91 Å². The molecule has 4 rings (SSSR count). The van der Waals surface area contributed by atoms with E-state index in [1.807, 2.05) is 37.3 Å². The predicted octanol–water partition coefficient (Wildman–Crippen LogP) is 3.81. The number of nitrogens with zero attached hydrogens (tertiary/aromatic N) is 2. The van der Waals surface area contributed by atoms with Gasteiger partial charge in [0.1, 0.15) is 11.8 Å². The summed E-state index contributed by atoms with van der Waals surface area (Å²) in [6.45, 7) is 1.96. The number of hydrogen-bond donors (Lipinski definition) is 1. The number of anilines is 1. The first-order chi connectivity index (χ1) is 16.0. The third kappa shape index (κ3) is 4.43. The molecule has 0 aliphatic heterocycles. The van der Waals surface area contributed by atoms with E-state index in [9.17, 15) is 14.4 Å². The molecular formula is C26H25N3O4. The first-order valence-electron chi connectivity index (χ1n) is 10.8. The highest BCUT2D eigenvalue weighted by Crippen LogP contribution is 2.20. The lowest BCUT2D eigenvalue weighted by atomic mass is 10.1. The van der Waals surface area contributed by atoms with E-state index >= 15 is 0 Å². The molecule has 1 atom stereocenters. The van der Waals surface area contributed by atoms with Crippen LogP contribution in [0.25, 0.3) is 10.9 Å². The second-order valence-electron chi connectivity index (χ2n) is 7.69. The highest BCUT2D eigenvalue weighted by atomic mass is 16.5. The van der Waals surface area contributed by atoms with Crippen molar-refractivity contribution in [2.75, 3.05) is 12.4 Å². The Kier molecular flexibility index (Phi) is 6.40. The fourth-order valence-corrected chi connectivity index (χ4v) is 3.92. The lowest BCUT2D eigenvalue weighted by Crippen LogP contribution is -2.44. The molecule has 1 N–H and O–H groups in total. The number of fused-ring (bicyclic) bond motifs is 1. The third-order valence-electron chi connectivity index (χ3n) is 5.62. The molecule has 0 spiro atoms. The minimum atomic E-state index is -0.799. The van der Waals surface area contributed by atoms with Crippen LogP contribution in [0.15, 0.2) is 88.5 Å². The zero-order valence-electron chi connectivity index (χ0n) is 18.5. The van der Waals surface area contributed by atoms with E-state index in [1.165, 1.54) is 9.13 Å². The van der Waals surface area contributed by atoms with Crippen molar-refractivity contribution in [2.24, 2.45) is 0 Å². The van der Waals surface area contributed by atoms with Gasteiger partial charge in [0.05, 0.1) is 24.6 Å². The molecule has 1 amide bonds. The highest BCUT2D eigenvalue weighted by Gasteiger charge is 2.24. The quantitative estimate of drug-likeness (QED) is 0.471. The normalized spacial score (nSPS) is 11.8. The molecule has 0 aliphatic rings. The maximum absolute atomic E-state index is 13.6. The minimum absolute atomic E-state index is 0.125. The first kappa shape index (κ1) is 22.1. The van der Waals surface area contributed by atoms with Gasteiger partial charge in [-0.25, -0.2) is 4.79 Å². The molecule has 33 heavy (non-hydrogen) atoms. The van der Waals surface area contributed by atoms with Gasteiger partial charge in [-0.3, -0.25) is 18.7 Å². The minimum Gasteiger partial charge on any atom is -0.497 e. The van der Waals surface area contributed by atoms with Gasteiger partial charge in [-0.2, -0.15) is 0 Å². The summed E-state index contributed by atoms with van der Waals surface area (Å²) in [7, 11) is 1.57. The Balaban J connectivity index is 1.81. The van der Waals surface area contributed by atoms with Crippen molar-refractivity contribution in [3.63, 3.8) is 0 Å². The van der Waals surface area contributed by atoms with Gasteiger partial charge < -0.3 is 10.1 Å². The van der Waals surface area contributed by atoms with Crippen LogP contribution in [0, 0.1) is 0 Å². The van der Waals surface area contributed by atoms with Crippen molar-refractivity contribution < 1.29 is 9.53 Å². The molecule has 3 aromatic carbocycles. The van der Waals surface area contributed by atoms with Crippen molar-refractivity contribution in [1.29, 1.82) is 0 Å². The average Bonchev–Trinajstić information content (AvgIpc) is 2.85. The monoisotopic (exact) mass is 443 g/mol. The van der Waals surface area contributed by atoms with Gasteiger partial charge >= 0.3 is 5.69 Å². The van der Waals surface area contributed by atoms with Crippen LogP contribution in [-0.4, -0.2) is 22.2 Å². The third-order valence-corrected chi connectivity index (χ3v) is 5.62. The van der Waals surface area contributed by atoms with Gasteiger partial charge in [0.25, 0.3) is 5.56 Å². The molecule has 0 saturated carbocycles. The van der Waals surface area contributed by atoms with Gasteiger partial charge in [-0.05, 0) is 48.4 Å². The van der Waals surface area contributed by atoms with Crippen molar-refractivity contribution in [2.45, 2.75) is 25.9 Å². The van der Waals surface area contributed by atoms with Crippen molar-refractivity contribution in [3.8, 4) is 5.75 Å². The second-order valence-corrected chi connectivity index (χ2v) is 7.69. The van der Waals surface area contributed by atoms with E-state index in [2.05, 4.69) is 5.32 Å². The summed E-state index contributed by atoms with van der Waals surface area (Å²) in [5.74, 6) is 0.343. The van der Waals surface area contributed by atoms with Crippen molar-refractivity contribution >= 4 is 22.5 Å². The number of rotatable bonds is 7. The number of benzene rings is 3. The topological polar surface area (TPSA) is 82.3 Å². The van der Waals surface area contributed by atoms with Crippen LogP contribution in [0.5, 0.6) is 5.75 Å². The zero-order chi connectivity index (χ0) is 23.4. The van der Waals surface area contributed by atoms with E-state index in [0.717, 1.165) is 5.56 Å². The summed E-state index contributed by atoms with van der Waals surface area (Å²) in [4.78, 5) is 40.0. The van der Waals surface area contributed by atoms with E-state index in [-0.39, 0.29) is 18.0 Å². The average molecular weight is 444 g/mol. The smallest absolute Gasteiger partial charge is 0.332 e. The maximum atomic E-state index is 13.6. The van der Waals surface area contributed by atoms with Crippen molar-refractivity contribution in [3.05, 3.63) is 105 Å². The number of ether oxygens (including phenoxy) is 1. The molecule has 0 fully saturated rings. The molecule has 0 aliphatic carbocycles. The SMILES string of the molecule is CC[C@@H](C(=O)Nc1ccc(OC)cc1)n1c(=O)n(Cc2ccccc2)c(=O)c2ccccc21. The Morgan fingerprint density at radius 1 is 0.939 bits per heavy atom. The standard InChI is InChI=1S/C26H25N3O4/c1-3-22(24(30)27-19-13-15-20(33-2)16-14-19)29-23-12-8-7-11-21(23)25(31)28(26(29)32)17-18-9-5-4-6-10-18/h4-16,22H,3,17H2,1-2H3,(H,27,30)/t22-/m0/s1. The number of hydrogen-bond acceptors (Lipinski definition) is 4. The maximum Gasteiger partial charge on any atom is 0.332 e. The first-order valence-corrected chi connectivity index (χ1v) is 10.8. The fourth-order valence-electron chi connectivity index (χ4n) is 3.92. The highest BCUT2D eigenvalue weighted by molar-refractivity contribution is 5.94. The Labute approximate surface area is 190 Å². The summed E-state index contributed by atoms with van der Waals surface area (Å²) in [6.07, 6.45) is 0.370. The van der Waals surface area contributed by atoms with Crippen LogP contribution >= 0.6 is 0 Å². The van der Waals surface area contributed by atoms with Gasteiger partial charge in [-0.15, -0.1) is 0 Å². The lowest BCUT2D eigenvalue weighted by molar-refractivity contribution is -0.119. The number of methoxy groups -OCH3 is 1.